The van der Waals surface area contributed by atoms with Gasteiger partial charge in [0.15, 0.2) is 5.69 Å². The minimum absolute atomic E-state index is 0.0409. The highest BCUT2D eigenvalue weighted by Gasteiger charge is 2.37. The highest BCUT2D eigenvalue weighted by atomic mass is 32.2. The maximum absolute atomic E-state index is 13.6. The van der Waals surface area contributed by atoms with E-state index in [-0.39, 0.29) is 34.0 Å². The second-order valence-corrected chi connectivity index (χ2v) is 14.1. The van der Waals surface area contributed by atoms with Gasteiger partial charge in [0.1, 0.15) is 13.2 Å². The predicted molar refractivity (Wildman–Crippen MR) is 176 cm³/mol. The molecule has 1 aromatic heterocycles. The van der Waals surface area contributed by atoms with Gasteiger partial charge in [0.05, 0.1) is 37.9 Å². The number of hydrazine groups is 1. The third kappa shape index (κ3) is 8.14. The predicted octanol–water partition coefficient (Wildman–Crippen LogP) is 5.44. The Balaban J connectivity index is 1.19. The van der Waals surface area contributed by atoms with E-state index in [9.17, 15) is 41.2 Å². The zero-order valence-electron chi connectivity index (χ0n) is 28.1. The summed E-state index contributed by atoms with van der Waals surface area (Å²) in [7, 11) is -4.51. The van der Waals surface area contributed by atoms with Crippen molar-refractivity contribution >= 4 is 27.9 Å². The average Bonchev–Trinajstić information content (AvgIpc) is 3.63. The molecule has 1 N–H and O–H groups in total. The molecule has 0 unspecified atom stereocenters. The summed E-state index contributed by atoms with van der Waals surface area (Å²) >= 11 is 0. The van der Waals surface area contributed by atoms with E-state index >= 15 is 0 Å². The number of benzene rings is 3. The number of hydrogen-bond donors (Lipinski definition) is 1. The molecule has 0 aliphatic carbocycles. The number of amides is 3. The molecule has 1 aliphatic rings. The van der Waals surface area contributed by atoms with Gasteiger partial charge >= 0.3 is 12.3 Å². The Morgan fingerprint density at radius 2 is 1.58 bits per heavy atom. The molecule has 274 valence electrons. The van der Waals surface area contributed by atoms with E-state index in [0.29, 0.717) is 5.56 Å². The lowest BCUT2D eigenvalue weighted by molar-refractivity contribution is -0.725. The van der Waals surface area contributed by atoms with Crippen LogP contribution in [0.1, 0.15) is 52.7 Å². The van der Waals surface area contributed by atoms with Crippen molar-refractivity contribution in [3.05, 3.63) is 106 Å². The normalized spacial score (nSPS) is 13.6. The van der Waals surface area contributed by atoms with Crippen molar-refractivity contribution in [3.63, 3.8) is 0 Å². The quantitative estimate of drug-likeness (QED) is 0.0900. The Labute approximate surface area is 295 Å². The minimum atomic E-state index is -4.73. The van der Waals surface area contributed by atoms with Crippen LogP contribution in [0.4, 0.5) is 18.0 Å². The highest BCUT2D eigenvalue weighted by molar-refractivity contribution is 7.90. The number of nitrogens with zero attached hydrogens (tertiary/aromatic N) is 6. The number of carbonyl (C=O) groups is 3. The number of fused-ring (bicyclic) bond motifs is 1. The molecule has 0 spiro atoms. The molecule has 19 heteroatoms. The SMILES string of the molecule is Cc1ccc(-c2cc(C(F)(F)F)nn2-c2ccc(S(=O)(=O)NC(=O)OCCN([N+]([O-])=NOCN3C(=O)c4ccccc4C3=O)C(C)(C)C)cc2)cc1. The second kappa shape index (κ2) is 14.3. The molecule has 52 heavy (non-hydrogen) atoms. The number of aromatic nitrogens is 2. The fraction of sp³-hybridized carbons (Fsp3) is 0.273. The number of aryl methyl sites for hydroxylation is 1. The van der Waals surface area contributed by atoms with Crippen molar-refractivity contribution in [3.8, 4) is 16.9 Å². The number of hydrogen-bond acceptors (Lipinski definition) is 10. The van der Waals surface area contributed by atoms with Gasteiger partial charge in [-0.15, -0.1) is 5.01 Å². The van der Waals surface area contributed by atoms with Gasteiger partial charge in [-0.2, -0.15) is 18.3 Å². The third-order valence-electron chi connectivity index (χ3n) is 7.67. The van der Waals surface area contributed by atoms with Gasteiger partial charge in [-0.1, -0.05) is 42.0 Å². The van der Waals surface area contributed by atoms with Crippen LogP contribution >= 0.6 is 0 Å². The minimum Gasteiger partial charge on any atom is -0.569 e. The monoisotopic (exact) mass is 743 g/mol. The number of imide groups is 1. The van der Waals surface area contributed by atoms with Gasteiger partial charge < -0.3 is 14.8 Å². The van der Waals surface area contributed by atoms with E-state index in [4.69, 9.17) is 9.57 Å². The maximum Gasteiger partial charge on any atom is 0.435 e. The summed E-state index contributed by atoms with van der Waals surface area (Å²) < 4.78 is 74.3. The van der Waals surface area contributed by atoms with Crippen molar-refractivity contribution in [2.24, 2.45) is 5.28 Å². The molecule has 0 saturated carbocycles. The van der Waals surface area contributed by atoms with Crippen LogP contribution in [0.25, 0.3) is 16.9 Å². The Bertz CT molecular complexity index is 2090. The molecule has 3 amide bonds. The lowest BCUT2D eigenvalue weighted by Gasteiger charge is -2.30. The van der Waals surface area contributed by atoms with Crippen molar-refractivity contribution in [1.29, 1.82) is 0 Å². The number of rotatable bonds is 11. The van der Waals surface area contributed by atoms with E-state index < -0.39 is 63.6 Å². The molecule has 15 nitrogen and oxygen atoms in total. The molecular weight excluding hydrogens is 711 g/mol. The van der Waals surface area contributed by atoms with Crippen molar-refractivity contribution < 1.29 is 50.5 Å². The second-order valence-electron chi connectivity index (χ2n) is 12.4. The third-order valence-corrected chi connectivity index (χ3v) is 8.99. The van der Waals surface area contributed by atoms with Crippen LogP contribution in [-0.4, -0.2) is 76.4 Å². The molecule has 0 atom stereocenters. The van der Waals surface area contributed by atoms with Gasteiger partial charge in [0.25, 0.3) is 21.8 Å². The molecule has 0 radical (unpaired) electrons. The summed E-state index contributed by atoms with van der Waals surface area (Å²) in [5, 5.41) is 20.9. The molecule has 0 fully saturated rings. The number of carbonyl (C=O) groups excluding carboxylic acids is 3. The topological polar surface area (TPSA) is 179 Å². The van der Waals surface area contributed by atoms with Crippen molar-refractivity contribution in [2.45, 2.75) is 44.3 Å². The largest absolute Gasteiger partial charge is 0.569 e. The fourth-order valence-electron chi connectivity index (χ4n) is 5.05. The van der Waals surface area contributed by atoms with E-state index in [2.05, 4.69) is 10.4 Å². The maximum atomic E-state index is 13.6. The Morgan fingerprint density at radius 1 is 0.981 bits per heavy atom. The average molecular weight is 744 g/mol. The molecule has 0 saturated heterocycles. The van der Waals surface area contributed by atoms with Crippen LogP contribution in [0, 0.1) is 12.1 Å². The van der Waals surface area contributed by atoms with Crippen molar-refractivity contribution in [1.82, 2.24) is 24.4 Å². The fourth-order valence-corrected chi connectivity index (χ4v) is 5.94. The van der Waals surface area contributed by atoms with E-state index in [1.165, 1.54) is 24.3 Å². The molecule has 1 aliphatic heterocycles. The first-order valence-electron chi connectivity index (χ1n) is 15.4. The molecule has 0 bridgehead atoms. The first kappa shape index (κ1) is 37.3. The van der Waals surface area contributed by atoms with Crippen LogP contribution in [0.5, 0.6) is 0 Å². The van der Waals surface area contributed by atoms with Crippen LogP contribution in [0.3, 0.4) is 0 Å². The number of nitrogens with one attached hydrogen (secondary N) is 1. The number of alkyl halides is 3. The molecule has 4 aromatic rings. The van der Waals surface area contributed by atoms with Crippen LogP contribution in [0.15, 0.2) is 89.0 Å². The summed E-state index contributed by atoms with van der Waals surface area (Å²) in [4.78, 5) is 42.8. The van der Waals surface area contributed by atoms with Crippen LogP contribution < -0.4 is 4.72 Å². The summed E-state index contributed by atoms with van der Waals surface area (Å²) in [6, 6.07) is 18.4. The van der Waals surface area contributed by atoms with Gasteiger partial charge in [0.2, 0.25) is 12.0 Å². The van der Waals surface area contributed by atoms with E-state index in [1.807, 2.05) is 6.92 Å². The number of sulfonamides is 1. The van der Waals surface area contributed by atoms with Gasteiger partial charge in [0, 0.05) is 5.56 Å². The summed E-state index contributed by atoms with van der Waals surface area (Å²) in [5.41, 5.74) is -0.115. The molecule has 5 rings (SSSR count). The summed E-state index contributed by atoms with van der Waals surface area (Å²) in [5.74, 6) is -1.23. The van der Waals surface area contributed by atoms with Crippen molar-refractivity contribution in [2.75, 3.05) is 19.9 Å². The zero-order chi connectivity index (χ0) is 38.0. The van der Waals surface area contributed by atoms with E-state index in [1.54, 1.807) is 61.9 Å². The van der Waals surface area contributed by atoms with Gasteiger partial charge in [-0.3, -0.25) is 9.59 Å². The lowest BCUT2D eigenvalue weighted by atomic mass is 10.1. The standard InChI is InChI=1S/C33H32F3N7O8S/c1-21-9-11-22(12-10-21)27-19-28(33(34,35)36)37-42(27)23-13-15-24(16-14-23)52(48,49)38-31(46)50-18-17-41(32(2,3)4)43(47)39-51-20-40-29(44)25-7-5-6-8-26(25)30(40)45/h5-16,19H,17-18,20H2,1-4H3,(H,38,46). The van der Waals surface area contributed by atoms with Crippen LogP contribution in [0.2, 0.25) is 0 Å². The zero-order valence-corrected chi connectivity index (χ0v) is 28.9. The lowest BCUT2D eigenvalue weighted by Crippen LogP contribution is -2.48. The molecule has 3 aromatic carbocycles. The van der Waals surface area contributed by atoms with Gasteiger partial charge in [-0.05, 0) is 70.2 Å². The molecule has 2 heterocycles. The Kier molecular flexibility index (Phi) is 10.3. The number of halogens is 3. The Hall–Kier alpha value is -5.98. The van der Waals surface area contributed by atoms with Crippen LogP contribution in [-0.2, 0) is 25.8 Å². The smallest absolute Gasteiger partial charge is 0.435 e. The first-order chi connectivity index (χ1) is 24.4. The van der Waals surface area contributed by atoms with Gasteiger partial charge in [-0.25, -0.2) is 27.5 Å². The summed E-state index contributed by atoms with van der Waals surface area (Å²) in [6.45, 7) is 5.28. The summed E-state index contributed by atoms with van der Waals surface area (Å²) in [6.07, 6.45) is -6.11. The highest BCUT2D eigenvalue weighted by Crippen LogP contribution is 2.33. The van der Waals surface area contributed by atoms with E-state index in [0.717, 1.165) is 38.4 Å². The number of ether oxygens (including phenoxy) is 1. The Morgan fingerprint density at radius 3 is 2.13 bits per heavy atom. The molecular formula is C33H32F3N7O8S. The first-order valence-corrected chi connectivity index (χ1v) is 16.9.